The number of aromatic nitrogens is 4. The van der Waals surface area contributed by atoms with Crippen LogP contribution in [0.15, 0.2) is 30.6 Å². The van der Waals surface area contributed by atoms with E-state index in [9.17, 15) is 9.59 Å². The molecule has 1 atom stereocenters. The molecule has 1 fully saturated rings. The molecule has 0 bridgehead atoms. The molecule has 11 heteroatoms. The number of hydrogen-bond donors (Lipinski definition) is 2. The van der Waals surface area contributed by atoms with Gasteiger partial charge in [0.2, 0.25) is 11.8 Å². The molecule has 3 aromatic rings. The van der Waals surface area contributed by atoms with Gasteiger partial charge in [-0.05, 0) is 25.8 Å². The first kappa shape index (κ1) is 24.2. The number of anilines is 1. The zero-order chi connectivity index (χ0) is 24.9. The number of para-hydroxylation sites is 1. The minimum atomic E-state index is -0.732. The summed E-state index contributed by atoms with van der Waals surface area (Å²) in [5.41, 5.74) is 1.66. The fraction of sp³-hybridized carbons (Fsp3) is 0.458. The number of rotatable bonds is 8. The molecule has 11 nitrogen and oxygen atoms in total. The Morgan fingerprint density at radius 1 is 1.20 bits per heavy atom. The molecule has 0 spiro atoms. The van der Waals surface area contributed by atoms with Crippen LogP contribution in [0.2, 0.25) is 0 Å². The number of hydrogen-bond acceptors (Lipinski definition) is 8. The summed E-state index contributed by atoms with van der Waals surface area (Å²) < 4.78 is 12.6. The van der Waals surface area contributed by atoms with Crippen LogP contribution in [0, 0.1) is 6.92 Å². The molecule has 35 heavy (non-hydrogen) atoms. The fourth-order valence-corrected chi connectivity index (χ4v) is 4.48. The zero-order valence-electron chi connectivity index (χ0n) is 20.4. The number of methoxy groups -OCH3 is 2. The van der Waals surface area contributed by atoms with E-state index in [1.165, 1.54) is 13.3 Å². The molecule has 2 amide bonds. The quantitative estimate of drug-likeness (QED) is 0.493. The predicted molar refractivity (Wildman–Crippen MR) is 130 cm³/mol. The molecule has 2 N–H and O–H groups in total. The van der Waals surface area contributed by atoms with Crippen molar-refractivity contribution in [2.45, 2.75) is 45.2 Å². The van der Waals surface area contributed by atoms with Gasteiger partial charge in [-0.15, -0.1) is 0 Å². The highest BCUT2D eigenvalue weighted by atomic mass is 16.5. The van der Waals surface area contributed by atoms with Crippen LogP contribution in [0.4, 0.5) is 5.82 Å². The van der Waals surface area contributed by atoms with Crippen LogP contribution in [0.5, 0.6) is 11.5 Å². The normalized spacial score (nSPS) is 15.0. The van der Waals surface area contributed by atoms with Gasteiger partial charge in [0.05, 0.1) is 14.2 Å². The number of benzene rings is 1. The molecule has 2 aromatic heterocycles. The van der Waals surface area contributed by atoms with E-state index in [2.05, 4.69) is 30.6 Å². The van der Waals surface area contributed by atoms with Crippen molar-refractivity contribution in [3.05, 3.63) is 41.9 Å². The van der Waals surface area contributed by atoms with Crippen molar-refractivity contribution in [1.29, 1.82) is 0 Å². The molecule has 4 rings (SSSR count). The molecule has 1 aliphatic rings. The van der Waals surface area contributed by atoms with Crippen molar-refractivity contribution in [3.63, 3.8) is 0 Å². The van der Waals surface area contributed by atoms with Crippen LogP contribution in [0.1, 0.15) is 31.0 Å². The van der Waals surface area contributed by atoms with E-state index < -0.39 is 6.04 Å². The van der Waals surface area contributed by atoms with Gasteiger partial charge in [-0.25, -0.2) is 4.98 Å². The molecule has 0 aliphatic carbocycles. The molecular weight excluding hydrogens is 450 g/mol. The number of piperidine rings is 1. The van der Waals surface area contributed by atoms with Gasteiger partial charge in [-0.3, -0.25) is 9.59 Å². The van der Waals surface area contributed by atoms with E-state index >= 15 is 0 Å². The highest BCUT2D eigenvalue weighted by Gasteiger charge is 2.28. The molecule has 0 saturated carbocycles. The predicted octanol–water partition coefficient (Wildman–Crippen LogP) is 1.28. The summed E-state index contributed by atoms with van der Waals surface area (Å²) in [5.74, 6) is 2.15. The van der Waals surface area contributed by atoms with Crippen LogP contribution >= 0.6 is 0 Å². The van der Waals surface area contributed by atoms with E-state index in [0.29, 0.717) is 17.3 Å². The van der Waals surface area contributed by atoms with Gasteiger partial charge < -0.3 is 25.0 Å². The van der Waals surface area contributed by atoms with Gasteiger partial charge in [0.25, 0.3) is 5.78 Å². The summed E-state index contributed by atoms with van der Waals surface area (Å²) in [6.07, 6.45) is 3.31. The summed E-state index contributed by atoms with van der Waals surface area (Å²) in [6.45, 7) is 4.84. The average molecular weight is 482 g/mol. The summed E-state index contributed by atoms with van der Waals surface area (Å²) >= 11 is 0. The number of aryl methyl sites for hydroxylation is 1. The van der Waals surface area contributed by atoms with Crippen molar-refractivity contribution >= 4 is 23.4 Å². The van der Waals surface area contributed by atoms with Crippen LogP contribution in [-0.2, 0) is 16.0 Å². The second-order valence-corrected chi connectivity index (χ2v) is 8.61. The SMILES string of the molecule is COc1cccc(CC(NC(C)=O)C(=O)NC2CCN(c3cc(C)nc4ncnn34)CC2)c1OC. The first-order valence-electron chi connectivity index (χ1n) is 11.6. The number of nitrogens with zero attached hydrogens (tertiary/aromatic N) is 5. The fourth-order valence-electron chi connectivity index (χ4n) is 4.48. The van der Waals surface area contributed by atoms with E-state index in [0.717, 1.165) is 43.0 Å². The molecule has 1 aliphatic heterocycles. The third kappa shape index (κ3) is 5.44. The van der Waals surface area contributed by atoms with Crippen molar-refractivity contribution < 1.29 is 19.1 Å². The Labute approximate surface area is 203 Å². The number of carbonyl (C=O) groups excluding carboxylic acids is 2. The van der Waals surface area contributed by atoms with Crippen LogP contribution in [0.25, 0.3) is 5.78 Å². The topological polar surface area (TPSA) is 123 Å². The largest absolute Gasteiger partial charge is 0.493 e. The number of carbonyl (C=O) groups is 2. The maximum Gasteiger partial charge on any atom is 0.254 e. The number of ether oxygens (including phenoxy) is 2. The van der Waals surface area contributed by atoms with Gasteiger partial charge in [-0.2, -0.15) is 14.6 Å². The standard InChI is InChI=1S/C24H31N7O4/c1-15-12-21(31-24(27-15)25-14-26-31)30-10-8-18(9-11-30)29-23(33)19(28-16(2)32)13-17-6-5-7-20(34-3)22(17)35-4/h5-7,12,14,18-19H,8-11,13H2,1-4H3,(H,28,32)(H,29,33). The first-order valence-corrected chi connectivity index (χ1v) is 11.6. The lowest BCUT2D eigenvalue weighted by molar-refractivity contribution is -0.128. The van der Waals surface area contributed by atoms with Crippen molar-refractivity contribution in [2.24, 2.45) is 0 Å². The molecule has 1 saturated heterocycles. The molecular formula is C24H31N7O4. The van der Waals surface area contributed by atoms with E-state index in [-0.39, 0.29) is 24.3 Å². The summed E-state index contributed by atoms with van der Waals surface area (Å²) in [5, 5.41) is 10.2. The molecule has 1 unspecified atom stereocenters. The summed E-state index contributed by atoms with van der Waals surface area (Å²) in [7, 11) is 3.12. The smallest absolute Gasteiger partial charge is 0.254 e. The average Bonchev–Trinajstić information content (AvgIpc) is 3.31. The monoisotopic (exact) mass is 481 g/mol. The lowest BCUT2D eigenvalue weighted by Crippen LogP contribution is -2.52. The lowest BCUT2D eigenvalue weighted by atomic mass is 10.0. The zero-order valence-corrected chi connectivity index (χ0v) is 20.4. The van der Waals surface area contributed by atoms with Gasteiger partial charge in [0.15, 0.2) is 11.5 Å². The number of fused-ring (bicyclic) bond motifs is 1. The summed E-state index contributed by atoms with van der Waals surface area (Å²) in [4.78, 5) is 35.9. The van der Waals surface area contributed by atoms with Gasteiger partial charge in [-0.1, -0.05) is 12.1 Å². The van der Waals surface area contributed by atoms with E-state index in [1.807, 2.05) is 25.1 Å². The maximum absolute atomic E-state index is 13.2. The highest BCUT2D eigenvalue weighted by molar-refractivity contribution is 5.87. The van der Waals surface area contributed by atoms with Gasteiger partial charge >= 0.3 is 0 Å². The lowest BCUT2D eigenvalue weighted by Gasteiger charge is -2.34. The molecule has 3 heterocycles. The number of nitrogens with one attached hydrogen (secondary N) is 2. The second-order valence-electron chi connectivity index (χ2n) is 8.61. The van der Waals surface area contributed by atoms with Gasteiger partial charge in [0, 0.05) is 49.8 Å². The van der Waals surface area contributed by atoms with Gasteiger partial charge in [0.1, 0.15) is 18.2 Å². The first-order chi connectivity index (χ1) is 16.9. The molecule has 186 valence electrons. The Hall–Kier alpha value is -3.89. The van der Waals surface area contributed by atoms with Crippen LogP contribution < -0.4 is 25.0 Å². The van der Waals surface area contributed by atoms with Crippen LogP contribution in [-0.4, -0.2) is 70.8 Å². The Kier molecular flexibility index (Phi) is 7.33. The highest BCUT2D eigenvalue weighted by Crippen LogP contribution is 2.31. The van der Waals surface area contributed by atoms with Crippen molar-refractivity contribution in [1.82, 2.24) is 30.2 Å². The van der Waals surface area contributed by atoms with Crippen LogP contribution in [0.3, 0.4) is 0 Å². The third-order valence-corrected chi connectivity index (χ3v) is 6.13. The van der Waals surface area contributed by atoms with E-state index in [4.69, 9.17) is 9.47 Å². The molecule has 0 radical (unpaired) electrons. The Morgan fingerprint density at radius 2 is 1.97 bits per heavy atom. The Morgan fingerprint density at radius 3 is 2.66 bits per heavy atom. The summed E-state index contributed by atoms with van der Waals surface area (Å²) in [6, 6.07) is 6.75. The number of amides is 2. The Bertz CT molecular complexity index is 1200. The third-order valence-electron chi connectivity index (χ3n) is 6.13. The second kappa shape index (κ2) is 10.6. The minimum Gasteiger partial charge on any atom is -0.493 e. The van der Waals surface area contributed by atoms with Crippen molar-refractivity contribution in [2.75, 3.05) is 32.2 Å². The maximum atomic E-state index is 13.2. The molecule has 1 aromatic carbocycles. The minimum absolute atomic E-state index is 0.00335. The van der Waals surface area contributed by atoms with E-state index in [1.54, 1.807) is 24.8 Å². The van der Waals surface area contributed by atoms with Crippen molar-refractivity contribution in [3.8, 4) is 11.5 Å². The Balaban J connectivity index is 1.42.